The molecule has 0 radical (unpaired) electrons. The van der Waals surface area contributed by atoms with Crippen LogP contribution in [0.3, 0.4) is 0 Å². The van der Waals surface area contributed by atoms with Crippen molar-refractivity contribution in [2.24, 2.45) is 0 Å². The van der Waals surface area contributed by atoms with Gasteiger partial charge in [-0.1, -0.05) is 48.0 Å². The molecule has 5 heteroatoms. The van der Waals surface area contributed by atoms with Crippen molar-refractivity contribution in [3.05, 3.63) is 65.2 Å². The minimum absolute atomic E-state index is 0.0264. The molecule has 0 bridgehead atoms. The summed E-state index contributed by atoms with van der Waals surface area (Å²) in [6, 6.07) is 15.5. The van der Waals surface area contributed by atoms with Crippen molar-refractivity contribution >= 4 is 6.03 Å². The molecule has 5 nitrogen and oxygen atoms in total. The van der Waals surface area contributed by atoms with Gasteiger partial charge in [-0.05, 0) is 25.5 Å². The van der Waals surface area contributed by atoms with Crippen molar-refractivity contribution in [3.63, 3.8) is 0 Å². The SMILES string of the molecule is Cc1ccc(C(C)N(C)C(=O)NCc2ccccc2OCCO)cc1. The zero-order valence-corrected chi connectivity index (χ0v) is 15.0. The minimum Gasteiger partial charge on any atom is -0.491 e. The van der Waals surface area contributed by atoms with Gasteiger partial charge in [0, 0.05) is 19.2 Å². The first kappa shape index (κ1) is 18.8. The summed E-state index contributed by atoms with van der Waals surface area (Å²) in [5.41, 5.74) is 3.16. The van der Waals surface area contributed by atoms with E-state index in [4.69, 9.17) is 9.84 Å². The molecule has 134 valence electrons. The maximum atomic E-state index is 12.5. The maximum Gasteiger partial charge on any atom is 0.317 e. The molecule has 25 heavy (non-hydrogen) atoms. The first-order valence-electron chi connectivity index (χ1n) is 8.41. The monoisotopic (exact) mass is 342 g/mol. The number of carbonyl (C=O) groups excluding carboxylic acids is 1. The van der Waals surface area contributed by atoms with E-state index in [1.807, 2.05) is 62.4 Å². The third-order valence-corrected chi connectivity index (χ3v) is 4.21. The van der Waals surface area contributed by atoms with Crippen molar-refractivity contribution < 1.29 is 14.6 Å². The number of hydrogen-bond acceptors (Lipinski definition) is 3. The van der Waals surface area contributed by atoms with Crippen LogP contribution >= 0.6 is 0 Å². The number of hydrogen-bond donors (Lipinski definition) is 2. The van der Waals surface area contributed by atoms with Crippen LogP contribution in [0.4, 0.5) is 4.79 Å². The van der Waals surface area contributed by atoms with Gasteiger partial charge in [-0.25, -0.2) is 4.79 Å². The molecular weight excluding hydrogens is 316 g/mol. The van der Waals surface area contributed by atoms with Gasteiger partial charge in [0.05, 0.1) is 12.6 Å². The average Bonchev–Trinajstić information content (AvgIpc) is 2.64. The van der Waals surface area contributed by atoms with Gasteiger partial charge in [-0.15, -0.1) is 0 Å². The predicted molar refractivity (Wildman–Crippen MR) is 98.6 cm³/mol. The molecule has 0 aliphatic heterocycles. The molecule has 2 aromatic carbocycles. The topological polar surface area (TPSA) is 61.8 Å². The van der Waals surface area contributed by atoms with Gasteiger partial charge in [0.25, 0.3) is 0 Å². The van der Waals surface area contributed by atoms with E-state index < -0.39 is 0 Å². The van der Waals surface area contributed by atoms with Crippen LogP contribution in [0.1, 0.15) is 29.7 Å². The third kappa shape index (κ3) is 5.22. The van der Waals surface area contributed by atoms with Crippen LogP contribution in [-0.2, 0) is 6.54 Å². The Morgan fingerprint density at radius 3 is 2.56 bits per heavy atom. The maximum absolute atomic E-state index is 12.5. The lowest BCUT2D eigenvalue weighted by molar-refractivity contribution is 0.192. The Morgan fingerprint density at radius 1 is 1.20 bits per heavy atom. The van der Waals surface area contributed by atoms with Crippen molar-refractivity contribution in [2.45, 2.75) is 26.4 Å². The van der Waals surface area contributed by atoms with Crippen molar-refractivity contribution in [2.75, 3.05) is 20.3 Å². The van der Waals surface area contributed by atoms with Crippen LogP contribution in [0, 0.1) is 6.92 Å². The molecule has 0 heterocycles. The van der Waals surface area contributed by atoms with Crippen molar-refractivity contribution in [1.82, 2.24) is 10.2 Å². The Hall–Kier alpha value is -2.53. The Morgan fingerprint density at radius 2 is 1.88 bits per heavy atom. The molecule has 1 atom stereocenters. The van der Waals surface area contributed by atoms with E-state index in [1.54, 1.807) is 11.9 Å². The number of urea groups is 1. The van der Waals surface area contributed by atoms with Crippen LogP contribution in [-0.4, -0.2) is 36.3 Å². The number of para-hydroxylation sites is 1. The standard InChI is InChI=1S/C20H26N2O3/c1-15-8-10-17(11-9-15)16(2)22(3)20(24)21-14-18-6-4-5-7-19(18)25-13-12-23/h4-11,16,23H,12-14H2,1-3H3,(H,21,24). The van der Waals surface area contributed by atoms with E-state index in [0.717, 1.165) is 11.1 Å². The summed E-state index contributed by atoms with van der Waals surface area (Å²) in [7, 11) is 1.79. The van der Waals surface area contributed by atoms with E-state index in [-0.39, 0.29) is 25.3 Å². The van der Waals surface area contributed by atoms with Crippen LogP contribution in [0.5, 0.6) is 5.75 Å². The number of aliphatic hydroxyl groups is 1. The zero-order valence-electron chi connectivity index (χ0n) is 15.0. The molecule has 1 unspecified atom stereocenters. The Kier molecular flexibility index (Phi) is 6.83. The fourth-order valence-electron chi connectivity index (χ4n) is 2.49. The highest BCUT2D eigenvalue weighted by Gasteiger charge is 2.17. The fraction of sp³-hybridized carbons (Fsp3) is 0.350. The second-order valence-corrected chi connectivity index (χ2v) is 6.04. The summed E-state index contributed by atoms with van der Waals surface area (Å²) in [5, 5.41) is 11.8. The largest absolute Gasteiger partial charge is 0.491 e. The molecule has 0 aliphatic carbocycles. The summed E-state index contributed by atoms with van der Waals surface area (Å²) in [6.07, 6.45) is 0. The van der Waals surface area contributed by atoms with E-state index in [2.05, 4.69) is 5.32 Å². The second kappa shape index (κ2) is 9.08. The van der Waals surface area contributed by atoms with Gasteiger partial charge >= 0.3 is 6.03 Å². The van der Waals surface area contributed by atoms with Gasteiger partial charge in [0.15, 0.2) is 0 Å². The average molecular weight is 342 g/mol. The fourth-order valence-corrected chi connectivity index (χ4v) is 2.49. The molecule has 0 fully saturated rings. The number of amides is 2. The summed E-state index contributed by atoms with van der Waals surface area (Å²) >= 11 is 0. The predicted octanol–water partition coefficient (Wildman–Crippen LogP) is 3.27. The van der Waals surface area contributed by atoms with E-state index in [1.165, 1.54) is 5.56 Å². The first-order valence-corrected chi connectivity index (χ1v) is 8.41. The molecule has 2 rings (SSSR count). The zero-order chi connectivity index (χ0) is 18.2. The minimum atomic E-state index is -0.148. The molecule has 0 saturated heterocycles. The smallest absolute Gasteiger partial charge is 0.317 e. The highest BCUT2D eigenvalue weighted by molar-refractivity contribution is 5.74. The highest BCUT2D eigenvalue weighted by atomic mass is 16.5. The summed E-state index contributed by atoms with van der Waals surface area (Å²) < 4.78 is 5.49. The molecular formula is C20H26N2O3. The van der Waals surface area contributed by atoms with Crippen molar-refractivity contribution in [1.29, 1.82) is 0 Å². The van der Waals surface area contributed by atoms with Crippen LogP contribution in [0.15, 0.2) is 48.5 Å². The Balaban J connectivity index is 1.96. The number of aliphatic hydroxyl groups excluding tert-OH is 1. The van der Waals surface area contributed by atoms with Gasteiger partial charge in [0.2, 0.25) is 0 Å². The van der Waals surface area contributed by atoms with Crippen LogP contribution < -0.4 is 10.1 Å². The van der Waals surface area contributed by atoms with Crippen LogP contribution in [0.25, 0.3) is 0 Å². The lowest BCUT2D eigenvalue weighted by Gasteiger charge is -2.26. The normalized spacial score (nSPS) is 11.7. The van der Waals surface area contributed by atoms with E-state index >= 15 is 0 Å². The number of nitrogens with zero attached hydrogens (tertiary/aromatic N) is 1. The Labute approximate surface area is 149 Å². The number of aryl methyl sites for hydroxylation is 1. The first-order chi connectivity index (χ1) is 12.0. The second-order valence-electron chi connectivity index (χ2n) is 6.04. The lowest BCUT2D eigenvalue weighted by Crippen LogP contribution is -2.38. The third-order valence-electron chi connectivity index (χ3n) is 4.21. The van der Waals surface area contributed by atoms with Gasteiger partial charge in [-0.3, -0.25) is 0 Å². The summed E-state index contributed by atoms with van der Waals surface area (Å²) in [5.74, 6) is 0.672. The van der Waals surface area contributed by atoms with Crippen LogP contribution in [0.2, 0.25) is 0 Å². The number of rotatable bonds is 7. The summed E-state index contributed by atoms with van der Waals surface area (Å²) in [4.78, 5) is 14.1. The van der Waals surface area contributed by atoms with E-state index in [9.17, 15) is 4.79 Å². The number of benzene rings is 2. The van der Waals surface area contributed by atoms with Gasteiger partial charge in [-0.2, -0.15) is 0 Å². The number of ether oxygens (including phenoxy) is 1. The van der Waals surface area contributed by atoms with E-state index in [0.29, 0.717) is 12.3 Å². The molecule has 2 N–H and O–H groups in total. The molecule has 0 aliphatic rings. The van der Waals surface area contributed by atoms with Gasteiger partial charge < -0.3 is 20.1 Å². The molecule has 2 amide bonds. The molecule has 0 spiro atoms. The van der Waals surface area contributed by atoms with Crippen molar-refractivity contribution in [3.8, 4) is 5.75 Å². The number of carbonyl (C=O) groups is 1. The lowest BCUT2D eigenvalue weighted by atomic mass is 10.1. The van der Waals surface area contributed by atoms with Gasteiger partial charge in [0.1, 0.15) is 12.4 Å². The quantitative estimate of drug-likeness (QED) is 0.812. The Bertz CT molecular complexity index is 686. The molecule has 0 saturated carbocycles. The molecule has 0 aromatic heterocycles. The molecule has 2 aromatic rings. The summed E-state index contributed by atoms with van der Waals surface area (Å²) in [6.45, 7) is 4.60. The highest BCUT2D eigenvalue weighted by Crippen LogP contribution is 2.20. The number of nitrogens with one attached hydrogen (secondary N) is 1.